The minimum absolute atomic E-state index is 0.382. The van der Waals surface area contributed by atoms with Gasteiger partial charge in [0, 0.05) is 16.1 Å². The van der Waals surface area contributed by atoms with Crippen molar-refractivity contribution >= 4 is 33.2 Å². The molecular weight excluding hydrogens is 382 g/mol. The second-order valence-electron chi connectivity index (χ2n) is 4.71. The van der Waals surface area contributed by atoms with Gasteiger partial charge in [-0.25, -0.2) is 0 Å². The smallest absolute Gasteiger partial charge is 0.247 e. The SMILES string of the molecule is COc1ccc(NCc2nnc(-c3cccc(Br)c3)o2)c(Cl)c1. The number of hydrogen-bond acceptors (Lipinski definition) is 5. The Morgan fingerprint density at radius 1 is 1.22 bits per heavy atom. The van der Waals surface area contributed by atoms with Crippen LogP contribution < -0.4 is 10.1 Å². The van der Waals surface area contributed by atoms with Gasteiger partial charge in [0.15, 0.2) is 0 Å². The molecule has 3 rings (SSSR count). The van der Waals surface area contributed by atoms with Crippen molar-refractivity contribution in [3.63, 3.8) is 0 Å². The Bertz CT molecular complexity index is 823. The Kier molecular flexibility index (Phi) is 4.83. The molecule has 1 aromatic heterocycles. The number of hydrogen-bond donors (Lipinski definition) is 1. The van der Waals surface area contributed by atoms with E-state index in [2.05, 4.69) is 31.4 Å². The van der Waals surface area contributed by atoms with Gasteiger partial charge in [0.05, 0.1) is 24.4 Å². The molecule has 118 valence electrons. The molecule has 0 fully saturated rings. The van der Waals surface area contributed by atoms with E-state index >= 15 is 0 Å². The summed E-state index contributed by atoms with van der Waals surface area (Å²) in [6.45, 7) is 0.382. The van der Waals surface area contributed by atoms with Crippen LogP contribution in [0.1, 0.15) is 5.89 Å². The van der Waals surface area contributed by atoms with Crippen LogP contribution in [0.5, 0.6) is 5.75 Å². The van der Waals surface area contributed by atoms with Crippen molar-refractivity contribution in [3.05, 3.63) is 57.9 Å². The van der Waals surface area contributed by atoms with Crippen LogP contribution in [-0.4, -0.2) is 17.3 Å². The van der Waals surface area contributed by atoms with Gasteiger partial charge in [-0.05, 0) is 30.3 Å². The van der Waals surface area contributed by atoms with E-state index in [4.69, 9.17) is 20.8 Å². The minimum atomic E-state index is 0.382. The number of ether oxygens (including phenoxy) is 1. The van der Waals surface area contributed by atoms with Gasteiger partial charge in [-0.2, -0.15) is 0 Å². The summed E-state index contributed by atoms with van der Waals surface area (Å²) in [5, 5.41) is 11.8. The molecule has 0 atom stereocenters. The maximum absolute atomic E-state index is 6.18. The largest absolute Gasteiger partial charge is 0.497 e. The van der Waals surface area contributed by atoms with Crippen LogP contribution in [0.2, 0.25) is 5.02 Å². The van der Waals surface area contributed by atoms with Crippen molar-refractivity contribution < 1.29 is 9.15 Å². The van der Waals surface area contributed by atoms with Crippen molar-refractivity contribution in [2.45, 2.75) is 6.54 Å². The first-order chi connectivity index (χ1) is 11.2. The monoisotopic (exact) mass is 393 g/mol. The Morgan fingerprint density at radius 2 is 2.09 bits per heavy atom. The fraction of sp³-hybridized carbons (Fsp3) is 0.125. The van der Waals surface area contributed by atoms with Gasteiger partial charge < -0.3 is 14.5 Å². The van der Waals surface area contributed by atoms with Crippen LogP contribution in [0.15, 0.2) is 51.4 Å². The predicted molar refractivity (Wildman–Crippen MR) is 92.8 cm³/mol. The summed E-state index contributed by atoms with van der Waals surface area (Å²) in [6.07, 6.45) is 0. The molecule has 0 unspecified atom stereocenters. The molecule has 0 aliphatic rings. The van der Waals surface area contributed by atoms with Gasteiger partial charge in [-0.15, -0.1) is 10.2 Å². The molecule has 0 aliphatic carbocycles. The molecule has 5 nitrogen and oxygen atoms in total. The van der Waals surface area contributed by atoms with Gasteiger partial charge in [-0.3, -0.25) is 0 Å². The highest BCUT2D eigenvalue weighted by Crippen LogP contribution is 2.27. The molecule has 0 bridgehead atoms. The van der Waals surface area contributed by atoms with Crippen molar-refractivity contribution in [2.75, 3.05) is 12.4 Å². The molecule has 7 heteroatoms. The number of methoxy groups -OCH3 is 1. The summed E-state index contributed by atoms with van der Waals surface area (Å²) in [5.41, 5.74) is 1.63. The zero-order chi connectivity index (χ0) is 16.2. The van der Waals surface area contributed by atoms with Gasteiger partial charge in [0.25, 0.3) is 0 Å². The average Bonchev–Trinajstić information content (AvgIpc) is 3.02. The third kappa shape index (κ3) is 3.83. The lowest BCUT2D eigenvalue weighted by molar-refractivity contribution is 0.415. The number of nitrogens with zero attached hydrogens (tertiary/aromatic N) is 2. The van der Waals surface area contributed by atoms with Crippen molar-refractivity contribution in [3.8, 4) is 17.2 Å². The fourth-order valence-electron chi connectivity index (χ4n) is 2.00. The highest BCUT2D eigenvalue weighted by molar-refractivity contribution is 9.10. The van der Waals surface area contributed by atoms with Crippen molar-refractivity contribution in [1.82, 2.24) is 10.2 Å². The lowest BCUT2D eigenvalue weighted by atomic mass is 10.2. The van der Waals surface area contributed by atoms with E-state index < -0.39 is 0 Å². The third-order valence-electron chi connectivity index (χ3n) is 3.14. The summed E-state index contributed by atoms with van der Waals surface area (Å²) in [5.74, 6) is 1.66. The maximum Gasteiger partial charge on any atom is 0.247 e. The molecule has 23 heavy (non-hydrogen) atoms. The zero-order valence-corrected chi connectivity index (χ0v) is 14.6. The Morgan fingerprint density at radius 3 is 2.83 bits per heavy atom. The number of nitrogens with one attached hydrogen (secondary N) is 1. The number of aromatic nitrogens is 2. The summed E-state index contributed by atoms with van der Waals surface area (Å²) in [7, 11) is 1.60. The Labute approximate surface area is 146 Å². The molecule has 0 spiro atoms. The maximum atomic E-state index is 6.18. The normalized spacial score (nSPS) is 10.6. The first-order valence-electron chi connectivity index (χ1n) is 6.81. The first-order valence-corrected chi connectivity index (χ1v) is 7.98. The van der Waals surface area contributed by atoms with E-state index in [1.54, 1.807) is 13.2 Å². The van der Waals surface area contributed by atoms with Gasteiger partial charge in [-0.1, -0.05) is 33.6 Å². The summed E-state index contributed by atoms with van der Waals surface area (Å²) >= 11 is 9.60. The van der Waals surface area contributed by atoms with Crippen LogP contribution >= 0.6 is 27.5 Å². The topological polar surface area (TPSA) is 60.2 Å². The van der Waals surface area contributed by atoms with Crippen LogP contribution in [-0.2, 0) is 6.54 Å². The summed E-state index contributed by atoms with van der Waals surface area (Å²) in [4.78, 5) is 0. The van der Waals surface area contributed by atoms with Crippen LogP contribution in [0.3, 0.4) is 0 Å². The molecule has 1 N–H and O–H groups in total. The predicted octanol–water partition coefficient (Wildman–Crippen LogP) is 4.77. The van der Waals surface area contributed by atoms with Gasteiger partial charge in [0.1, 0.15) is 5.75 Å². The van der Waals surface area contributed by atoms with Crippen LogP contribution in [0, 0.1) is 0 Å². The van der Waals surface area contributed by atoms with E-state index in [1.165, 1.54) is 0 Å². The summed E-state index contributed by atoms with van der Waals surface area (Å²) in [6, 6.07) is 13.1. The van der Waals surface area contributed by atoms with Gasteiger partial charge in [0.2, 0.25) is 11.8 Å². The highest BCUT2D eigenvalue weighted by Gasteiger charge is 2.09. The molecule has 0 saturated carbocycles. The van der Waals surface area contributed by atoms with Crippen molar-refractivity contribution in [2.24, 2.45) is 0 Å². The lowest BCUT2D eigenvalue weighted by Gasteiger charge is -2.07. The standard InChI is InChI=1S/C16H13BrClN3O2/c1-22-12-5-6-14(13(18)8-12)19-9-15-20-21-16(23-15)10-3-2-4-11(17)7-10/h2-8,19H,9H2,1H3. The van der Waals surface area contributed by atoms with E-state index in [0.29, 0.717) is 29.1 Å². The van der Waals surface area contributed by atoms with Crippen molar-refractivity contribution in [1.29, 1.82) is 0 Å². The van der Waals surface area contributed by atoms with E-state index in [9.17, 15) is 0 Å². The van der Waals surface area contributed by atoms with Crippen LogP contribution in [0.25, 0.3) is 11.5 Å². The number of benzene rings is 2. The second kappa shape index (κ2) is 7.02. The Hall–Kier alpha value is -2.05. The lowest BCUT2D eigenvalue weighted by Crippen LogP contribution is -2.00. The second-order valence-corrected chi connectivity index (χ2v) is 6.03. The van der Waals surface area contributed by atoms with E-state index in [1.807, 2.05) is 36.4 Å². The minimum Gasteiger partial charge on any atom is -0.497 e. The quantitative estimate of drug-likeness (QED) is 0.675. The molecule has 1 heterocycles. The molecule has 0 radical (unpaired) electrons. The highest BCUT2D eigenvalue weighted by atomic mass is 79.9. The Balaban J connectivity index is 1.70. The fourth-order valence-corrected chi connectivity index (χ4v) is 2.64. The van der Waals surface area contributed by atoms with E-state index in [0.717, 1.165) is 15.7 Å². The number of halogens is 2. The molecular formula is C16H13BrClN3O2. The first kappa shape index (κ1) is 15.8. The molecule has 2 aromatic carbocycles. The third-order valence-corrected chi connectivity index (χ3v) is 3.95. The molecule has 0 aliphatic heterocycles. The molecule has 0 amide bonds. The summed E-state index contributed by atoms with van der Waals surface area (Å²) < 4.78 is 11.7. The average molecular weight is 395 g/mol. The van der Waals surface area contributed by atoms with Crippen LogP contribution in [0.4, 0.5) is 5.69 Å². The molecule has 3 aromatic rings. The number of anilines is 1. The van der Waals surface area contributed by atoms with Gasteiger partial charge >= 0.3 is 0 Å². The number of rotatable bonds is 5. The van der Waals surface area contributed by atoms with E-state index in [-0.39, 0.29) is 0 Å². The molecule has 0 saturated heterocycles. The zero-order valence-electron chi connectivity index (χ0n) is 12.2.